The van der Waals surface area contributed by atoms with Gasteiger partial charge in [0, 0.05) is 37.9 Å². The first-order chi connectivity index (χ1) is 12.9. The van der Waals surface area contributed by atoms with Crippen molar-refractivity contribution in [1.82, 2.24) is 14.7 Å². The lowest BCUT2D eigenvalue weighted by Crippen LogP contribution is -2.33. The van der Waals surface area contributed by atoms with E-state index in [9.17, 15) is 4.79 Å². The number of nitrogens with zero attached hydrogens (tertiary/aromatic N) is 3. The van der Waals surface area contributed by atoms with Crippen LogP contribution < -0.4 is 5.32 Å². The molecule has 2 aromatic rings. The zero-order chi connectivity index (χ0) is 19.4. The molecule has 1 N–H and O–H groups in total. The number of piperidine rings is 1. The van der Waals surface area contributed by atoms with E-state index < -0.39 is 0 Å². The van der Waals surface area contributed by atoms with Crippen LogP contribution >= 0.6 is 0 Å². The number of hydrogen-bond donors (Lipinski definition) is 1. The van der Waals surface area contributed by atoms with Crippen LogP contribution in [0.15, 0.2) is 24.3 Å². The minimum Gasteiger partial charge on any atom is -0.326 e. The van der Waals surface area contributed by atoms with Crippen molar-refractivity contribution in [3.05, 3.63) is 46.8 Å². The van der Waals surface area contributed by atoms with Crippen molar-refractivity contribution in [2.75, 3.05) is 18.4 Å². The summed E-state index contributed by atoms with van der Waals surface area (Å²) in [4.78, 5) is 14.8. The number of likely N-dealkylation sites (tertiary alicyclic amines) is 1. The zero-order valence-electron chi connectivity index (χ0n) is 17.1. The fourth-order valence-corrected chi connectivity index (χ4v) is 4.02. The molecule has 0 spiro atoms. The van der Waals surface area contributed by atoms with Gasteiger partial charge in [-0.3, -0.25) is 14.4 Å². The normalized spacial score (nSPS) is 17.9. The van der Waals surface area contributed by atoms with Gasteiger partial charge in [0.15, 0.2) is 0 Å². The summed E-state index contributed by atoms with van der Waals surface area (Å²) in [5, 5.41) is 7.43. The summed E-state index contributed by atoms with van der Waals surface area (Å²) < 4.78 is 1.88. The molecule has 5 nitrogen and oxygen atoms in total. The average molecular weight is 369 g/mol. The predicted octanol–water partition coefficient (Wildman–Crippen LogP) is 3.84. The standard InChI is InChI=1S/C22H32N4O/c1-16-6-5-13-26(14-16)15-19-7-9-20(10-8-19)23-22(27)12-11-21-17(2)24-25(4)18(21)3/h7-10,16H,5-6,11-15H2,1-4H3,(H,23,27). The number of carbonyl (C=O) groups is 1. The smallest absolute Gasteiger partial charge is 0.224 e. The highest BCUT2D eigenvalue weighted by Crippen LogP contribution is 2.19. The molecule has 5 heteroatoms. The van der Waals surface area contributed by atoms with Gasteiger partial charge in [0.25, 0.3) is 0 Å². The Labute approximate surface area is 162 Å². The quantitative estimate of drug-likeness (QED) is 0.843. The summed E-state index contributed by atoms with van der Waals surface area (Å²) in [6, 6.07) is 8.29. The molecule has 2 heterocycles. The molecule has 1 unspecified atom stereocenters. The minimum absolute atomic E-state index is 0.0512. The average Bonchev–Trinajstić information content (AvgIpc) is 2.87. The molecule has 27 heavy (non-hydrogen) atoms. The topological polar surface area (TPSA) is 50.2 Å². The summed E-state index contributed by atoms with van der Waals surface area (Å²) in [5.41, 5.74) is 5.51. The van der Waals surface area contributed by atoms with Crippen LogP contribution in [-0.2, 0) is 24.8 Å². The van der Waals surface area contributed by atoms with Crippen molar-refractivity contribution >= 4 is 11.6 Å². The van der Waals surface area contributed by atoms with Gasteiger partial charge in [-0.1, -0.05) is 19.1 Å². The number of aryl methyl sites for hydroxylation is 2. The molecule has 1 aliphatic heterocycles. The molecule has 0 radical (unpaired) electrons. The molecule has 0 aliphatic carbocycles. The lowest BCUT2D eigenvalue weighted by molar-refractivity contribution is -0.116. The number of nitrogens with one attached hydrogen (secondary N) is 1. The molecule has 3 rings (SSSR count). The Morgan fingerprint density at radius 3 is 2.63 bits per heavy atom. The van der Waals surface area contributed by atoms with Gasteiger partial charge < -0.3 is 5.32 Å². The number of benzene rings is 1. The number of anilines is 1. The summed E-state index contributed by atoms with van der Waals surface area (Å²) in [6.07, 6.45) is 3.84. The van der Waals surface area contributed by atoms with Crippen LogP contribution in [0, 0.1) is 19.8 Å². The zero-order valence-corrected chi connectivity index (χ0v) is 17.1. The highest BCUT2D eigenvalue weighted by molar-refractivity contribution is 5.90. The third-order valence-corrected chi connectivity index (χ3v) is 5.65. The minimum atomic E-state index is 0.0512. The SMILES string of the molecule is Cc1nn(C)c(C)c1CCC(=O)Nc1ccc(CN2CCCC(C)C2)cc1. The van der Waals surface area contributed by atoms with Gasteiger partial charge in [-0.05, 0) is 68.8 Å². The van der Waals surface area contributed by atoms with E-state index in [4.69, 9.17) is 0 Å². The van der Waals surface area contributed by atoms with Crippen LogP contribution in [0.5, 0.6) is 0 Å². The number of hydrogen-bond acceptors (Lipinski definition) is 3. The Morgan fingerprint density at radius 1 is 1.26 bits per heavy atom. The van der Waals surface area contributed by atoms with Crippen LogP contribution in [-0.4, -0.2) is 33.7 Å². The third-order valence-electron chi connectivity index (χ3n) is 5.65. The van der Waals surface area contributed by atoms with Gasteiger partial charge >= 0.3 is 0 Å². The second kappa shape index (κ2) is 8.70. The molecule has 1 atom stereocenters. The maximum Gasteiger partial charge on any atom is 0.224 e. The van der Waals surface area contributed by atoms with Crippen LogP contribution in [0.4, 0.5) is 5.69 Å². The molecule has 1 fully saturated rings. The van der Waals surface area contributed by atoms with E-state index in [1.165, 1.54) is 37.1 Å². The van der Waals surface area contributed by atoms with Crippen LogP contribution in [0.2, 0.25) is 0 Å². The van der Waals surface area contributed by atoms with E-state index in [2.05, 4.69) is 41.3 Å². The molecule has 0 saturated carbocycles. The van der Waals surface area contributed by atoms with E-state index in [1.807, 2.05) is 30.8 Å². The molecule has 1 amide bonds. The van der Waals surface area contributed by atoms with E-state index in [0.29, 0.717) is 6.42 Å². The van der Waals surface area contributed by atoms with Crippen molar-refractivity contribution in [3.8, 4) is 0 Å². The third kappa shape index (κ3) is 5.19. The second-order valence-corrected chi connectivity index (χ2v) is 8.00. The summed E-state index contributed by atoms with van der Waals surface area (Å²) in [5.74, 6) is 0.847. The fourth-order valence-electron chi connectivity index (χ4n) is 4.02. The number of rotatable bonds is 6. The van der Waals surface area contributed by atoms with Gasteiger partial charge in [-0.2, -0.15) is 5.10 Å². The molecular formula is C22H32N4O. The lowest BCUT2D eigenvalue weighted by atomic mass is 10.00. The first kappa shape index (κ1) is 19.6. The molecule has 146 valence electrons. The number of amides is 1. The molecule has 1 saturated heterocycles. The van der Waals surface area contributed by atoms with E-state index >= 15 is 0 Å². The Hall–Kier alpha value is -2.14. The van der Waals surface area contributed by atoms with Crippen molar-refractivity contribution in [2.45, 2.75) is 53.0 Å². The first-order valence-corrected chi connectivity index (χ1v) is 10.0. The molecule has 1 aliphatic rings. The number of aromatic nitrogens is 2. The monoisotopic (exact) mass is 368 g/mol. The van der Waals surface area contributed by atoms with Crippen molar-refractivity contribution in [1.29, 1.82) is 0 Å². The van der Waals surface area contributed by atoms with E-state index in [0.717, 1.165) is 36.0 Å². The van der Waals surface area contributed by atoms with Gasteiger partial charge in [0.2, 0.25) is 5.91 Å². The number of carbonyl (C=O) groups excluding carboxylic acids is 1. The van der Waals surface area contributed by atoms with E-state index in [-0.39, 0.29) is 5.91 Å². The summed E-state index contributed by atoms with van der Waals surface area (Å²) in [6.45, 7) is 9.76. The summed E-state index contributed by atoms with van der Waals surface area (Å²) in [7, 11) is 1.94. The van der Waals surface area contributed by atoms with Crippen molar-refractivity contribution < 1.29 is 4.79 Å². The molecule has 1 aromatic carbocycles. The van der Waals surface area contributed by atoms with Gasteiger partial charge in [-0.25, -0.2) is 0 Å². The van der Waals surface area contributed by atoms with Gasteiger partial charge in [0.05, 0.1) is 5.69 Å². The Bertz CT molecular complexity index is 778. The van der Waals surface area contributed by atoms with E-state index in [1.54, 1.807) is 0 Å². The molecular weight excluding hydrogens is 336 g/mol. The highest BCUT2D eigenvalue weighted by Gasteiger charge is 2.16. The molecule has 1 aromatic heterocycles. The van der Waals surface area contributed by atoms with Crippen molar-refractivity contribution in [2.24, 2.45) is 13.0 Å². The van der Waals surface area contributed by atoms with Gasteiger partial charge in [0.1, 0.15) is 0 Å². The Kier molecular flexibility index (Phi) is 6.32. The van der Waals surface area contributed by atoms with Crippen LogP contribution in [0.1, 0.15) is 48.7 Å². The Balaban J connectivity index is 1.49. The second-order valence-electron chi connectivity index (χ2n) is 8.00. The van der Waals surface area contributed by atoms with Crippen molar-refractivity contribution in [3.63, 3.8) is 0 Å². The maximum absolute atomic E-state index is 12.3. The largest absolute Gasteiger partial charge is 0.326 e. The van der Waals surface area contributed by atoms with Crippen LogP contribution in [0.25, 0.3) is 0 Å². The molecule has 0 bridgehead atoms. The predicted molar refractivity (Wildman–Crippen MR) is 110 cm³/mol. The fraction of sp³-hybridized carbons (Fsp3) is 0.545. The maximum atomic E-state index is 12.3. The Morgan fingerprint density at radius 2 is 2.00 bits per heavy atom. The first-order valence-electron chi connectivity index (χ1n) is 10.0. The van der Waals surface area contributed by atoms with Crippen LogP contribution in [0.3, 0.4) is 0 Å². The lowest BCUT2D eigenvalue weighted by Gasteiger charge is -2.30. The van der Waals surface area contributed by atoms with Gasteiger partial charge in [-0.15, -0.1) is 0 Å². The highest BCUT2D eigenvalue weighted by atomic mass is 16.1. The summed E-state index contributed by atoms with van der Waals surface area (Å²) >= 11 is 0.